The van der Waals surface area contributed by atoms with Crippen molar-refractivity contribution in [3.63, 3.8) is 0 Å². The number of ether oxygens (including phenoxy) is 2. The van der Waals surface area contributed by atoms with E-state index in [0.717, 1.165) is 0 Å². The number of nitrogens with zero attached hydrogens (tertiary/aromatic N) is 1. The normalized spacial score (nSPS) is 17.5. The van der Waals surface area contributed by atoms with E-state index in [4.69, 9.17) is 21.1 Å². The highest BCUT2D eigenvalue weighted by Gasteiger charge is 2.36. The Morgan fingerprint density at radius 3 is 2.66 bits per heavy atom. The van der Waals surface area contributed by atoms with E-state index in [1.165, 1.54) is 6.07 Å². The van der Waals surface area contributed by atoms with Crippen molar-refractivity contribution in [3.8, 4) is 17.2 Å². The zero-order chi connectivity index (χ0) is 20.0. The number of fused-ring (bicyclic) bond motifs is 2. The maximum absolute atomic E-state index is 13.5. The van der Waals surface area contributed by atoms with Crippen molar-refractivity contribution in [3.05, 3.63) is 76.8 Å². The molecule has 1 unspecified atom stereocenters. The van der Waals surface area contributed by atoms with Gasteiger partial charge in [-0.05, 0) is 42.5 Å². The molecular weight excluding hydrogens is 392 g/mol. The Balaban J connectivity index is 1.67. The van der Waals surface area contributed by atoms with Gasteiger partial charge in [-0.3, -0.25) is 9.69 Å². The summed E-state index contributed by atoms with van der Waals surface area (Å²) in [7, 11) is 0. The Morgan fingerprint density at radius 2 is 1.79 bits per heavy atom. The molecule has 2 aliphatic heterocycles. The molecule has 7 heteroatoms. The summed E-state index contributed by atoms with van der Waals surface area (Å²) in [5.74, 6) is 1.07. The van der Waals surface area contributed by atoms with Gasteiger partial charge in [0.1, 0.15) is 25.1 Å². The summed E-state index contributed by atoms with van der Waals surface area (Å²) in [6.45, 7) is 0.937. The Labute approximate surface area is 172 Å². The third kappa shape index (κ3) is 3.02. The van der Waals surface area contributed by atoms with Crippen molar-refractivity contribution in [2.24, 2.45) is 0 Å². The fraction of sp³-hybridized carbons (Fsp3) is 0.136. The lowest BCUT2D eigenvalue weighted by atomic mass is 10.0. The summed E-state index contributed by atoms with van der Waals surface area (Å²) >= 11 is 6.18. The Kier molecular flexibility index (Phi) is 4.21. The lowest BCUT2D eigenvalue weighted by Crippen LogP contribution is -2.43. The number of carbonyl (C=O) groups excluding carboxylic acids is 1. The Bertz CT molecular complexity index is 1120. The zero-order valence-corrected chi connectivity index (χ0v) is 16.0. The van der Waals surface area contributed by atoms with Gasteiger partial charge in [0.05, 0.1) is 11.3 Å². The number of nitrogens with one attached hydrogen (secondary N) is 1. The maximum Gasteiger partial charge on any atom is 0.262 e. The van der Waals surface area contributed by atoms with Crippen molar-refractivity contribution < 1.29 is 19.4 Å². The Hall–Kier alpha value is -3.38. The molecule has 6 nitrogen and oxygen atoms in total. The van der Waals surface area contributed by atoms with Gasteiger partial charge in [-0.15, -0.1) is 0 Å². The van der Waals surface area contributed by atoms with Crippen LogP contribution in [-0.4, -0.2) is 24.2 Å². The van der Waals surface area contributed by atoms with E-state index in [9.17, 15) is 9.90 Å². The van der Waals surface area contributed by atoms with Crippen LogP contribution < -0.4 is 19.7 Å². The predicted molar refractivity (Wildman–Crippen MR) is 110 cm³/mol. The van der Waals surface area contributed by atoms with Crippen LogP contribution in [0.15, 0.2) is 60.7 Å². The topological polar surface area (TPSA) is 71.0 Å². The Morgan fingerprint density at radius 1 is 1.00 bits per heavy atom. The highest BCUT2D eigenvalue weighted by atomic mass is 35.5. The highest BCUT2D eigenvalue weighted by Crippen LogP contribution is 2.42. The molecule has 2 N–H and O–H groups in total. The number of amides is 1. The second kappa shape index (κ2) is 6.90. The van der Waals surface area contributed by atoms with Crippen LogP contribution in [0.1, 0.15) is 22.1 Å². The molecule has 146 valence electrons. The summed E-state index contributed by atoms with van der Waals surface area (Å²) in [6.07, 6.45) is -0.654. The van der Waals surface area contributed by atoms with E-state index in [0.29, 0.717) is 52.2 Å². The molecule has 1 amide bonds. The number of hydrogen-bond acceptors (Lipinski definition) is 5. The quantitative estimate of drug-likeness (QED) is 0.649. The van der Waals surface area contributed by atoms with Gasteiger partial charge in [0.15, 0.2) is 11.5 Å². The van der Waals surface area contributed by atoms with Crippen LogP contribution in [0.4, 0.5) is 11.4 Å². The number of aromatic hydroxyl groups is 1. The van der Waals surface area contributed by atoms with Crippen LogP contribution in [0.5, 0.6) is 17.2 Å². The van der Waals surface area contributed by atoms with E-state index in [-0.39, 0.29) is 11.7 Å². The highest BCUT2D eigenvalue weighted by molar-refractivity contribution is 6.30. The molecule has 2 aliphatic rings. The molecule has 0 spiro atoms. The standard InChI is InChI=1S/C22H17ClN2O4/c23-13-5-7-18(26)16(11-13)21-24-17-4-2-1-3-15(17)22(27)25(21)14-6-8-19-20(12-14)29-10-9-28-19/h1-8,11-12,21,24,26H,9-10H2. The van der Waals surface area contributed by atoms with E-state index >= 15 is 0 Å². The van der Waals surface area contributed by atoms with Crippen molar-refractivity contribution >= 4 is 28.9 Å². The predicted octanol–water partition coefficient (Wildman–Crippen LogP) is 4.59. The number of benzene rings is 3. The SMILES string of the molecule is O=C1c2ccccc2NC(c2cc(Cl)ccc2O)N1c1ccc2c(c1)OCCO2. The summed E-state index contributed by atoms with van der Waals surface area (Å²) < 4.78 is 11.3. The third-order valence-corrected chi connectivity index (χ3v) is 5.25. The second-order valence-electron chi connectivity index (χ2n) is 6.80. The van der Waals surface area contributed by atoms with E-state index in [1.807, 2.05) is 18.2 Å². The number of halogens is 1. The monoisotopic (exact) mass is 408 g/mol. The van der Waals surface area contributed by atoms with Gasteiger partial charge in [0.2, 0.25) is 0 Å². The number of para-hydroxylation sites is 1. The molecule has 3 aromatic rings. The fourth-order valence-electron chi connectivity index (χ4n) is 3.66. The molecule has 0 aromatic heterocycles. The summed E-state index contributed by atoms with van der Waals surface area (Å²) in [4.78, 5) is 15.1. The van der Waals surface area contributed by atoms with Gasteiger partial charge in [0, 0.05) is 22.3 Å². The maximum atomic E-state index is 13.5. The first-order valence-electron chi connectivity index (χ1n) is 9.19. The van der Waals surface area contributed by atoms with Gasteiger partial charge < -0.3 is 19.9 Å². The minimum Gasteiger partial charge on any atom is -0.508 e. The van der Waals surface area contributed by atoms with Crippen LogP contribution in [0.25, 0.3) is 0 Å². The minimum atomic E-state index is -0.654. The van der Waals surface area contributed by atoms with Crippen molar-refractivity contribution in [1.29, 1.82) is 0 Å². The van der Waals surface area contributed by atoms with Crippen LogP contribution in [0.2, 0.25) is 5.02 Å². The largest absolute Gasteiger partial charge is 0.508 e. The van der Waals surface area contributed by atoms with Crippen LogP contribution >= 0.6 is 11.6 Å². The number of phenolic OH excluding ortho intramolecular Hbond substituents is 1. The number of carbonyl (C=O) groups is 1. The third-order valence-electron chi connectivity index (χ3n) is 5.01. The molecule has 5 rings (SSSR count). The zero-order valence-electron chi connectivity index (χ0n) is 15.3. The molecule has 0 saturated heterocycles. The number of rotatable bonds is 2. The van der Waals surface area contributed by atoms with Crippen LogP contribution in [0.3, 0.4) is 0 Å². The first-order valence-corrected chi connectivity index (χ1v) is 9.57. The molecule has 0 bridgehead atoms. The number of phenols is 1. The van der Waals surface area contributed by atoms with Crippen molar-refractivity contribution in [2.75, 3.05) is 23.4 Å². The van der Waals surface area contributed by atoms with Gasteiger partial charge in [-0.25, -0.2) is 0 Å². The lowest BCUT2D eigenvalue weighted by Gasteiger charge is -2.38. The molecule has 3 aromatic carbocycles. The lowest BCUT2D eigenvalue weighted by molar-refractivity contribution is 0.0974. The number of hydrogen-bond donors (Lipinski definition) is 2. The van der Waals surface area contributed by atoms with Crippen LogP contribution in [-0.2, 0) is 0 Å². The smallest absolute Gasteiger partial charge is 0.262 e. The summed E-state index contributed by atoms with van der Waals surface area (Å²) in [6, 6.07) is 17.4. The minimum absolute atomic E-state index is 0.0432. The van der Waals surface area contributed by atoms with Crippen molar-refractivity contribution in [1.82, 2.24) is 0 Å². The second-order valence-corrected chi connectivity index (χ2v) is 7.24. The first-order chi connectivity index (χ1) is 14.1. The van der Waals surface area contributed by atoms with Crippen LogP contribution in [0, 0.1) is 0 Å². The average Bonchev–Trinajstić information content (AvgIpc) is 2.75. The molecule has 0 aliphatic carbocycles. The van der Waals surface area contributed by atoms with Gasteiger partial charge >= 0.3 is 0 Å². The van der Waals surface area contributed by atoms with Gasteiger partial charge in [-0.2, -0.15) is 0 Å². The van der Waals surface area contributed by atoms with Gasteiger partial charge in [-0.1, -0.05) is 23.7 Å². The summed E-state index contributed by atoms with van der Waals surface area (Å²) in [5.41, 5.74) is 2.34. The molecule has 2 heterocycles. The average molecular weight is 409 g/mol. The van der Waals surface area contributed by atoms with E-state index in [1.54, 1.807) is 41.3 Å². The molecule has 1 atom stereocenters. The molecular formula is C22H17ClN2O4. The van der Waals surface area contributed by atoms with E-state index < -0.39 is 6.17 Å². The number of anilines is 2. The van der Waals surface area contributed by atoms with Gasteiger partial charge in [0.25, 0.3) is 5.91 Å². The molecule has 0 fully saturated rings. The summed E-state index contributed by atoms with van der Waals surface area (Å²) in [5, 5.41) is 14.3. The molecule has 0 radical (unpaired) electrons. The van der Waals surface area contributed by atoms with E-state index in [2.05, 4.69) is 5.32 Å². The van der Waals surface area contributed by atoms with Crippen molar-refractivity contribution in [2.45, 2.75) is 6.17 Å². The fourth-order valence-corrected chi connectivity index (χ4v) is 3.84. The molecule has 29 heavy (non-hydrogen) atoms. The molecule has 0 saturated carbocycles. The first kappa shape index (κ1) is 17.7.